The molecule has 0 saturated heterocycles. The SMILES string of the molecule is Cc1ccc(F)c(NS(=O)(=O)c2ccsc2CO)c1. The predicted octanol–water partition coefficient (Wildman–Crippen LogP) is 2.49. The van der Waals surface area contributed by atoms with Crippen LogP contribution in [-0.2, 0) is 16.6 Å². The first kappa shape index (κ1) is 14.0. The van der Waals surface area contributed by atoms with Gasteiger partial charge in [0.15, 0.2) is 0 Å². The van der Waals surface area contributed by atoms with Gasteiger partial charge in [0.1, 0.15) is 10.7 Å². The Kier molecular flexibility index (Phi) is 3.88. The van der Waals surface area contributed by atoms with E-state index in [0.29, 0.717) is 4.88 Å². The fourth-order valence-corrected chi connectivity index (χ4v) is 3.95. The number of benzene rings is 1. The molecule has 2 N–H and O–H groups in total. The summed E-state index contributed by atoms with van der Waals surface area (Å²) in [5.41, 5.74) is 0.641. The van der Waals surface area contributed by atoms with Gasteiger partial charge in [-0.3, -0.25) is 4.72 Å². The largest absolute Gasteiger partial charge is 0.391 e. The van der Waals surface area contributed by atoms with Crippen LogP contribution in [0, 0.1) is 12.7 Å². The Bertz CT molecular complexity index is 695. The van der Waals surface area contributed by atoms with Gasteiger partial charge in [-0.25, -0.2) is 12.8 Å². The molecule has 1 aromatic carbocycles. The van der Waals surface area contributed by atoms with Gasteiger partial charge >= 0.3 is 0 Å². The van der Waals surface area contributed by atoms with Crippen LogP contribution in [0.15, 0.2) is 34.5 Å². The van der Waals surface area contributed by atoms with Crippen LogP contribution in [-0.4, -0.2) is 13.5 Å². The first-order chi connectivity index (χ1) is 8.94. The Morgan fingerprint density at radius 2 is 2.11 bits per heavy atom. The highest BCUT2D eigenvalue weighted by Gasteiger charge is 2.20. The van der Waals surface area contributed by atoms with Crippen LogP contribution in [0.25, 0.3) is 0 Å². The van der Waals surface area contributed by atoms with E-state index in [-0.39, 0.29) is 17.2 Å². The maximum atomic E-state index is 13.6. The predicted molar refractivity (Wildman–Crippen MR) is 72.2 cm³/mol. The molecule has 0 atom stereocenters. The standard InChI is InChI=1S/C12H12FNO3S2/c1-8-2-3-9(13)10(6-8)14-19(16,17)12-4-5-18-11(12)7-15/h2-6,14-15H,7H2,1H3. The van der Waals surface area contributed by atoms with Crippen LogP contribution in [0.4, 0.5) is 10.1 Å². The van der Waals surface area contributed by atoms with Gasteiger partial charge in [0.25, 0.3) is 10.0 Å². The van der Waals surface area contributed by atoms with Crippen molar-refractivity contribution in [3.8, 4) is 0 Å². The Labute approximate surface area is 114 Å². The van der Waals surface area contributed by atoms with Crippen LogP contribution in [0.3, 0.4) is 0 Å². The minimum atomic E-state index is -3.89. The van der Waals surface area contributed by atoms with E-state index in [0.717, 1.165) is 16.9 Å². The Balaban J connectivity index is 2.39. The molecular formula is C12H12FNO3S2. The molecule has 0 aliphatic heterocycles. The quantitative estimate of drug-likeness (QED) is 0.912. The fraction of sp³-hybridized carbons (Fsp3) is 0.167. The van der Waals surface area contributed by atoms with Gasteiger partial charge in [0, 0.05) is 0 Å². The summed E-state index contributed by atoms with van der Waals surface area (Å²) in [5.74, 6) is -0.644. The van der Waals surface area contributed by atoms with Gasteiger partial charge in [0.2, 0.25) is 0 Å². The molecular weight excluding hydrogens is 289 g/mol. The van der Waals surface area contributed by atoms with E-state index in [1.54, 1.807) is 18.4 Å². The lowest BCUT2D eigenvalue weighted by atomic mass is 10.2. The Morgan fingerprint density at radius 3 is 2.79 bits per heavy atom. The zero-order valence-corrected chi connectivity index (χ0v) is 11.7. The second-order valence-corrected chi connectivity index (χ2v) is 6.61. The summed E-state index contributed by atoms with van der Waals surface area (Å²) in [5, 5.41) is 10.6. The van der Waals surface area contributed by atoms with Crippen molar-refractivity contribution in [3.05, 3.63) is 45.9 Å². The number of halogens is 1. The van der Waals surface area contributed by atoms with E-state index >= 15 is 0 Å². The summed E-state index contributed by atoms with van der Waals surface area (Å²) in [6, 6.07) is 5.55. The highest BCUT2D eigenvalue weighted by atomic mass is 32.2. The lowest BCUT2D eigenvalue weighted by Gasteiger charge is -2.09. The minimum absolute atomic E-state index is 0.0269. The fourth-order valence-electron chi connectivity index (χ4n) is 1.60. The van der Waals surface area contributed by atoms with Crippen molar-refractivity contribution in [2.45, 2.75) is 18.4 Å². The zero-order chi connectivity index (χ0) is 14.0. The second-order valence-electron chi connectivity index (χ2n) is 3.95. The number of anilines is 1. The molecule has 0 radical (unpaired) electrons. The molecule has 0 unspecified atom stereocenters. The van der Waals surface area contributed by atoms with E-state index in [4.69, 9.17) is 5.11 Å². The van der Waals surface area contributed by atoms with Gasteiger partial charge < -0.3 is 5.11 Å². The van der Waals surface area contributed by atoms with E-state index in [9.17, 15) is 12.8 Å². The van der Waals surface area contributed by atoms with E-state index < -0.39 is 15.8 Å². The lowest BCUT2D eigenvalue weighted by molar-refractivity contribution is 0.282. The van der Waals surface area contributed by atoms with E-state index in [2.05, 4.69) is 4.72 Å². The molecule has 0 aliphatic rings. The average molecular weight is 301 g/mol. The van der Waals surface area contributed by atoms with Crippen molar-refractivity contribution in [3.63, 3.8) is 0 Å². The van der Waals surface area contributed by atoms with Gasteiger partial charge in [-0.2, -0.15) is 0 Å². The molecule has 2 rings (SSSR count). The molecule has 7 heteroatoms. The maximum absolute atomic E-state index is 13.6. The highest BCUT2D eigenvalue weighted by Crippen LogP contribution is 2.25. The van der Waals surface area contributed by atoms with Crippen LogP contribution in [0.5, 0.6) is 0 Å². The van der Waals surface area contributed by atoms with Crippen molar-refractivity contribution >= 4 is 27.0 Å². The molecule has 19 heavy (non-hydrogen) atoms. The minimum Gasteiger partial charge on any atom is -0.391 e. The number of aliphatic hydroxyl groups excluding tert-OH is 1. The molecule has 4 nitrogen and oxygen atoms in total. The zero-order valence-electron chi connectivity index (χ0n) is 10.1. The van der Waals surface area contributed by atoms with Crippen molar-refractivity contribution in [2.24, 2.45) is 0 Å². The summed E-state index contributed by atoms with van der Waals surface area (Å²) < 4.78 is 40.0. The highest BCUT2D eigenvalue weighted by molar-refractivity contribution is 7.93. The molecule has 2 aromatic rings. The second kappa shape index (κ2) is 5.28. The Hall–Kier alpha value is -1.44. The molecule has 0 saturated carbocycles. The van der Waals surface area contributed by atoms with Crippen LogP contribution in [0.1, 0.15) is 10.4 Å². The maximum Gasteiger partial charge on any atom is 0.263 e. The summed E-state index contributed by atoms with van der Waals surface area (Å²) in [6.07, 6.45) is 0. The molecule has 1 heterocycles. The van der Waals surface area contributed by atoms with E-state index in [1.807, 2.05) is 0 Å². The molecule has 1 aromatic heterocycles. The summed E-state index contributed by atoms with van der Waals surface area (Å²) >= 11 is 1.13. The third-order valence-electron chi connectivity index (χ3n) is 2.50. The topological polar surface area (TPSA) is 66.4 Å². The third kappa shape index (κ3) is 2.94. The number of sulfonamides is 1. The molecule has 102 valence electrons. The average Bonchev–Trinajstić information content (AvgIpc) is 2.82. The van der Waals surface area contributed by atoms with Crippen LogP contribution >= 0.6 is 11.3 Å². The van der Waals surface area contributed by atoms with Crippen molar-refractivity contribution in [2.75, 3.05) is 4.72 Å². The first-order valence-corrected chi connectivity index (χ1v) is 7.76. The summed E-state index contributed by atoms with van der Waals surface area (Å²) in [4.78, 5) is 0.293. The Morgan fingerprint density at radius 1 is 1.37 bits per heavy atom. The van der Waals surface area contributed by atoms with Gasteiger partial charge in [-0.15, -0.1) is 11.3 Å². The number of hydrogen-bond donors (Lipinski definition) is 2. The lowest BCUT2D eigenvalue weighted by Crippen LogP contribution is -2.14. The smallest absolute Gasteiger partial charge is 0.263 e. The number of nitrogens with one attached hydrogen (secondary N) is 1. The molecule has 0 fully saturated rings. The first-order valence-electron chi connectivity index (χ1n) is 5.40. The monoisotopic (exact) mass is 301 g/mol. The van der Waals surface area contributed by atoms with Crippen molar-refractivity contribution in [1.82, 2.24) is 0 Å². The molecule has 0 bridgehead atoms. The summed E-state index contributed by atoms with van der Waals surface area (Å²) in [7, 11) is -3.89. The van der Waals surface area contributed by atoms with Crippen LogP contribution < -0.4 is 4.72 Å². The molecule has 0 aliphatic carbocycles. The van der Waals surface area contributed by atoms with Gasteiger partial charge in [-0.05, 0) is 36.1 Å². The van der Waals surface area contributed by atoms with Gasteiger partial charge in [-0.1, -0.05) is 6.07 Å². The van der Waals surface area contributed by atoms with Crippen molar-refractivity contribution < 1.29 is 17.9 Å². The number of rotatable bonds is 4. The number of aliphatic hydroxyl groups is 1. The normalized spacial score (nSPS) is 11.5. The van der Waals surface area contributed by atoms with Gasteiger partial charge in [0.05, 0.1) is 17.2 Å². The molecule has 0 spiro atoms. The van der Waals surface area contributed by atoms with Crippen LogP contribution in [0.2, 0.25) is 0 Å². The number of thiophene rings is 1. The molecule has 0 amide bonds. The summed E-state index contributed by atoms with van der Waals surface area (Å²) in [6.45, 7) is 1.37. The number of hydrogen-bond acceptors (Lipinski definition) is 4. The third-order valence-corrected chi connectivity index (χ3v) is 4.99. The van der Waals surface area contributed by atoms with E-state index in [1.165, 1.54) is 18.2 Å². The number of aryl methyl sites for hydroxylation is 1. The van der Waals surface area contributed by atoms with Crippen molar-refractivity contribution in [1.29, 1.82) is 0 Å².